The molecule has 0 aromatic carbocycles. The minimum Gasteiger partial charge on any atom is -0.383 e. The molecule has 0 atom stereocenters. The predicted octanol–water partition coefficient (Wildman–Crippen LogP) is 2.51. The molecule has 5 rings (SSSR count). The van der Waals surface area contributed by atoms with Gasteiger partial charge in [-0.05, 0) is 38.7 Å². The lowest BCUT2D eigenvalue weighted by molar-refractivity contribution is -0.151. The second kappa shape index (κ2) is 10.3. The standard InChI is InChI=1S/C26H30N8O4/c1-15(35)20-21(16-5-7-26(8-6-16,25(28)36)38-12-11-37-2)33-24-18(14-32-34(24)22(20)27)17-3-4-19(31-13-17)23-29-9-10-30-23/h3-4,9-10,13-14,16H,5-8,11-12,27H2,1-2H3,(H2,28,36)(H,29,30)/t16-,26-. The molecule has 4 aromatic rings. The molecule has 1 amide bonds. The molecule has 4 heterocycles. The van der Waals surface area contributed by atoms with Crippen LogP contribution in [0.15, 0.2) is 36.9 Å². The number of nitrogens with one attached hydrogen (secondary N) is 1. The molecule has 5 N–H and O–H groups in total. The van der Waals surface area contributed by atoms with Crippen LogP contribution in [0.25, 0.3) is 28.3 Å². The molecule has 12 nitrogen and oxygen atoms in total. The summed E-state index contributed by atoms with van der Waals surface area (Å²) >= 11 is 0. The number of H-pyrrole nitrogens is 1. The van der Waals surface area contributed by atoms with E-state index < -0.39 is 11.5 Å². The Balaban J connectivity index is 1.50. The van der Waals surface area contributed by atoms with Gasteiger partial charge in [0, 0.05) is 42.7 Å². The fourth-order valence-electron chi connectivity index (χ4n) is 5.13. The van der Waals surface area contributed by atoms with Crippen LogP contribution in [0.3, 0.4) is 0 Å². The SMILES string of the molecule is COCCO[C@]1(C(N)=O)CC[C@@H](c2nc3c(-c4ccc(-c5ncc[nH]5)nc4)cnn3c(N)c2C(C)=O)CC1. The third-order valence-electron chi connectivity index (χ3n) is 7.17. The number of anilines is 1. The van der Waals surface area contributed by atoms with Crippen molar-refractivity contribution in [3.63, 3.8) is 0 Å². The highest BCUT2D eigenvalue weighted by atomic mass is 16.5. The Bertz CT molecular complexity index is 1450. The third-order valence-corrected chi connectivity index (χ3v) is 7.17. The number of hydrogen-bond acceptors (Lipinski definition) is 9. The van der Waals surface area contributed by atoms with Crippen molar-refractivity contribution in [2.45, 2.75) is 44.1 Å². The van der Waals surface area contributed by atoms with Crippen LogP contribution >= 0.6 is 0 Å². The number of hydrogen-bond donors (Lipinski definition) is 3. The number of fused-ring (bicyclic) bond motifs is 1. The highest BCUT2D eigenvalue weighted by molar-refractivity contribution is 6.00. The van der Waals surface area contributed by atoms with Crippen LogP contribution in [0, 0.1) is 0 Å². The van der Waals surface area contributed by atoms with Crippen LogP contribution in [-0.4, -0.2) is 67.2 Å². The first-order valence-corrected chi connectivity index (χ1v) is 12.4. The Hall–Kier alpha value is -4.16. The normalized spacial score (nSPS) is 19.6. The topological polar surface area (TPSA) is 176 Å². The first kappa shape index (κ1) is 25.5. The van der Waals surface area contributed by atoms with E-state index >= 15 is 0 Å². The number of carbonyl (C=O) groups is 2. The summed E-state index contributed by atoms with van der Waals surface area (Å²) in [4.78, 5) is 41.8. The van der Waals surface area contributed by atoms with Gasteiger partial charge in [0.05, 0.1) is 30.7 Å². The van der Waals surface area contributed by atoms with Crippen molar-refractivity contribution in [2.24, 2.45) is 5.73 Å². The monoisotopic (exact) mass is 518 g/mol. The van der Waals surface area contributed by atoms with E-state index in [2.05, 4.69) is 20.1 Å². The first-order chi connectivity index (χ1) is 18.3. The first-order valence-electron chi connectivity index (χ1n) is 12.4. The van der Waals surface area contributed by atoms with Gasteiger partial charge in [-0.3, -0.25) is 14.6 Å². The summed E-state index contributed by atoms with van der Waals surface area (Å²) in [5.74, 6) is 0.0958. The van der Waals surface area contributed by atoms with Crippen LogP contribution in [0.1, 0.15) is 54.6 Å². The summed E-state index contributed by atoms with van der Waals surface area (Å²) in [5, 5.41) is 4.42. The number of carbonyl (C=O) groups excluding carboxylic acids is 2. The number of methoxy groups -OCH3 is 1. The number of primary amides is 1. The van der Waals surface area contributed by atoms with Crippen molar-refractivity contribution in [1.29, 1.82) is 0 Å². The molecule has 1 aliphatic carbocycles. The molecule has 1 saturated carbocycles. The maximum absolute atomic E-state index is 12.7. The number of pyridine rings is 1. The van der Waals surface area contributed by atoms with E-state index in [1.165, 1.54) is 11.4 Å². The average Bonchev–Trinajstić information content (AvgIpc) is 3.60. The summed E-state index contributed by atoms with van der Waals surface area (Å²) in [6.45, 7) is 2.10. The number of aromatic amines is 1. The molecule has 1 fully saturated rings. The van der Waals surface area contributed by atoms with E-state index in [0.29, 0.717) is 60.7 Å². The van der Waals surface area contributed by atoms with Crippen LogP contribution in [0.5, 0.6) is 0 Å². The Morgan fingerprint density at radius 2 is 1.97 bits per heavy atom. The molecular formula is C26H30N8O4. The van der Waals surface area contributed by atoms with E-state index in [-0.39, 0.29) is 24.1 Å². The number of ketones is 1. The van der Waals surface area contributed by atoms with Crippen LogP contribution < -0.4 is 11.5 Å². The zero-order valence-corrected chi connectivity index (χ0v) is 21.3. The van der Waals surface area contributed by atoms with Crippen molar-refractivity contribution in [3.05, 3.63) is 48.2 Å². The summed E-state index contributed by atoms with van der Waals surface area (Å²) in [6.07, 6.45) is 8.73. The van der Waals surface area contributed by atoms with Crippen molar-refractivity contribution >= 4 is 23.2 Å². The Labute approximate surface area is 218 Å². The minimum absolute atomic E-state index is 0.109. The Kier molecular flexibility index (Phi) is 6.91. The minimum atomic E-state index is -1.07. The fourth-order valence-corrected chi connectivity index (χ4v) is 5.13. The molecular weight excluding hydrogens is 488 g/mol. The van der Waals surface area contributed by atoms with Gasteiger partial charge in [0.2, 0.25) is 5.91 Å². The average molecular weight is 519 g/mol. The van der Waals surface area contributed by atoms with Gasteiger partial charge in [0.15, 0.2) is 17.3 Å². The molecule has 12 heteroatoms. The zero-order valence-electron chi connectivity index (χ0n) is 21.3. The molecule has 0 spiro atoms. The summed E-state index contributed by atoms with van der Waals surface area (Å²) in [7, 11) is 1.57. The smallest absolute Gasteiger partial charge is 0.249 e. The summed E-state index contributed by atoms with van der Waals surface area (Å²) < 4.78 is 12.4. The van der Waals surface area contributed by atoms with Gasteiger partial charge in [0.25, 0.3) is 0 Å². The van der Waals surface area contributed by atoms with Gasteiger partial charge in [-0.15, -0.1) is 0 Å². The van der Waals surface area contributed by atoms with E-state index in [0.717, 1.165) is 11.1 Å². The van der Waals surface area contributed by atoms with Gasteiger partial charge >= 0.3 is 0 Å². The Morgan fingerprint density at radius 3 is 2.58 bits per heavy atom. The van der Waals surface area contributed by atoms with E-state index in [1.54, 1.807) is 31.9 Å². The van der Waals surface area contributed by atoms with Gasteiger partial charge in [-0.25, -0.2) is 9.97 Å². The molecule has 0 radical (unpaired) electrons. The van der Waals surface area contributed by atoms with Crippen LogP contribution in [-0.2, 0) is 14.3 Å². The number of nitrogens with zero attached hydrogens (tertiary/aromatic N) is 5. The highest BCUT2D eigenvalue weighted by Crippen LogP contribution is 2.42. The van der Waals surface area contributed by atoms with Gasteiger partial charge < -0.3 is 25.9 Å². The summed E-state index contributed by atoms with van der Waals surface area (Å²) in [5.41, 5.74) is 14.9. The number of imidazole rings is 1. The van der Waals surface area contributed by atoms with Gasteiger partial charge in [-0.1, -0.05) is 6.07 Å². The number of rotatable bonds is 9. The predicted molar refractivity (Wildman–Crippen MR) is 139 cm³/mol. The third kappa shape index (κ3) is 4.52. The molecule has 4 aromatic heterocycles. The lowest BCUT2D eigenvalue weighted by atomic mass is 9.76. The fraction of sp³-hybridized carbons (Fsp3) is 0.385. The number of ether oxygens (including phenoxy) is 2. The van der Waals surface area contributed by atoms with Gasteiger partial charge in [-0.2, -0.15) is 9.61 Å². The van der Waals surface area contributed by atoms with E-state index in [1.807, 2.05) is 12.1 Å². The molecule has 198 valence electrons. The largest absolute Gasteiger partial charge is 0.383 e. The van der Waals surface area contributed by atoms with Crippen LogP contribution in [0.2, 0.25) is 0 Å². The number of aromatic nitrogens is 6. The number of amides is 1. The van der Waals surface area contributed by atoms with Crippen molar-refractivity contribution in [2.75, 3.05) is 26.1 Å². The molecule has 0 bridgehead atoms. The number of Topliss-reactive ketones (excluding diaryl/α,β-unsaturated/α-hetero) is 1. The lowest BCUT2D eigenvalue weighted by Gasteiger charge is -2.37. The highest BCUT2D eigenvalue weighted by Gasteiger charge is 2.43. The molecule has 38 heavy (non-hydrogen) atoms. The second-order valence-corrected chi connectivity index (χ2v) is 9.45. The van der Waals surface area contributed by atoms with Gasteiger partial charge in [0.1, 0.15) is 17.1 Å². The quantitative estimate of drug-likeness (QED) is 0.222. The molecule has 0 aliphatic heterocycles. The number of nitrogen functional groups attached to an aromatic ring is 1. The summed E-state index contributed by atoms with van der Waals surface area (Å²) in [6, 6.07) is 3.78. The zero-order chi connectivity index (χ0) is 26.9. The van der Waals surface area contributed by atoms with Crippen molar-refractivity contribution in [1.82, 2.24) is 29.5 Å². The molecule has 1 aliphatic rings. The number of nitrogens with two attached hydrogens (primary N) is 2. The Morgan fingerprint density at radius 1 is 1.18 bits per heavy atom. The molecule has 0 saturated heterocycles. The van der Waals surface area contributed by atoms with E-state index in [4.69, 9.17) is 25.9 Å². The second-order valence-electron chi connectivity index (χ2n) is 9.45. The maximum atomic E-state index is 12.7. The van der Waals surface area contributed by atoms with Crippen molar-refractivity contribution in [3.8, 4) is 22.6 Å². The van der Waals surface area contributed by atoms with Crippen LogP contribution in [0.4, 0.5) is 5.82 Å². The van der Waals surface area contributed by atoms with Crippen molar-refractivity contribution < 1.29 is 19.1 Å². The maximum Gasteiger partial charge on any atom is 0.249 e. The lowest BCUT2D eigenvalue weighted by Crippen LogP contribution is -2.49. The van der Waals surface area contributed by atoms with E-state index in [9.17, 15) is 9.59 Å². The molecule has 0 unspecified atom stereocenters.